The Morgan fingerprint density at radius 3 is 2.20 bits per heavy atom. The maximum Gasteiger partial charge on any atom is 0.232 e. The molecule has 3 rings (SSSR count). The molecule has 0 aromatic heterocycles. The average Bonchev–Trinajstić information content (AvgIpc) is 2.79. The first kappa shape index (κ1) is 22.9. The smallest absolute Gasteiger partial charge is 0.232 e. The van der Waals surface area contributed by atoms with Crippen molar-refractivity contribution in [2.45, 2.75) is 32.6 Å². The molecule has 0 spiro atoms. The van der Waals surface area contributed by atoms with E-state index in [9.17, 15) is 9.59 Å². The highest BCUT2D eigenvalue weighted by molar-refractivity contribution is 8.00. The Kier molecular flexibility index (Phi) is 9.33. The molecule has 2 aliphatic heterocycles. The molecule has 0 N–H and O–H groups in total. The molecule has 2 heterocycles. The number of nitrogens with zero attached hydrogens (tertiary/aromatic N) is 2. The molecule has 2 aliphatic rings. The number of morpholine rings is 1. The van der Waals surface area contributed by atoms with Crippen LogP contribution in [-0.2, 0) is 20.7 Å². The van der Waals surface area contributed by atoms with E-state index in [4.69, 9.17) is 9.47 Å². The van der Waals surface area contributed by atoms with Crippen molar-refractivity contribution in [1.82, 2.24) is 9.80 Å². The molecule has 166 valence electrons. The second-order valence-electron chi connectivity index (χ2n) is 7.93. The lowest BCUT2D eigenvalue weighted by Crippen LogP contribution is -2.42. The molecule has 0 radical (unpaired) electrons. The SMILES string of the molecule is CCOc1ccc(CCC2CCN(C(=O)CSCC(=O)N3CCOCC3)CC2)cc1. The lowest BCUT2D eigenvalue weighted by atomic mass is 9.90. The lowest BCUT2D eigenvalue weighted by Gasteiger charge is -2.32. The molecule has 30 heavy (non-hydrogen) atoms. The number of thioether (sulfide) groups is 1. The Balaban J connectivity index is 1.29. The molecule has 1 aromatic rings. The standard InChI is InChI=1S/C23H34N2O4S/c1-2-29-21-7-5-19(6-8-21)3-4-20-9-11-24(12-10-20)22(26)17-30-18-23(27)25-13-15-28-16-14-25/h5-8,20H,2-4,9-18H2,1H3. The van der Waals surface area contributed by atoms with Crippen LogP contribution in [0.5, 0.6) is 5.75 Å². The molecule has 6 nitrogen and oxygen atoms in total. The van der Waals surface area contributed by atoms with Crippen molar-refractivity contribution in [3.63, 3.8) is 0 Å². The molecular formula is C23H34N2O4S. The molecule has 2 saturated heterocycles. The van der Waals surface area contributed by atoms with Gasteiger partial charge in [0.15, 0.2) is 0 Å². The van der Waals surface area contributed by atoms with E-state index in [1.165, 1.54) is 23.7 Å². The van der Waals surface area contributed by atoms with Gasteiger partial charge < -0.3 is 19.3 Å². The van der Waals surface area contributed by atoms with E-state index in [2.05, 4.69) is 12.1 Å². The minimum Gasteiger partial charge on any atom is -0.494 e. The quantitative estimate of drug-likeness (QED) is 0.598. The fourth-order valence-corrected chi connectivity index (χ4v) is 4.80. The number of aryl methyl sites for hydroxylation is 1. The maximum absolute atomic E-state index is 12.5. The Hall–Kier alpha value is -1.73. The van der Waals surface area contributed by atoms with Crippen molar-refractivity contribution in [1.29, 1.82) is 0 Å². The number of benzene rings is 1. The number of hydrogen-bond acceptors (Lipinski definition) is 5. The Bertz CT molecular complexity index is 668. The van der Waals surface area contributed by atoms with E-state index >= 15 is 0 Å². The summed E-state index contributed by atoms with van der Waals surface area (Å²) in [6, 6.07) is 8.39. The highest BCUT2D eigenvalue weighted by atomic mass is 32.2. The molecule has 0 atom stereocenters. The first-order valence-corrected chi connectivity index (χ1v) is 12.2. The third kappa shape index (κ3) is 7.20. The van der Waals surface area contributed by atoms with Crippen LogP contribution in [0.1, 0.15) is 31.7 Å². The zero-order valence-corrected chi connectivity index (χ0v) is 18.8. The van der Waals surface area contributed by atoms with Crippen LogP contribution < -0.4 is 4.74 Å². The van der Waals surface area contributed by atoms with E-state index in [-0.39, 0.29) is 11.8 Å². The Morgan fingerprint density at radius 1 is 1.00 bits per heavy atom. The third-order valence-electron chi connectivity index (χ3n) is 5.86. The molecular weight excluding hydrogens is 400 g/mol. The van der Waals surface area contributed by atoms with E-state index < -0.39 is 0 Å². The van der Waals surface area contributed by atoms with Gasteiger partial charge in [0, 0.05) is 26.2 Å². The Morgan fingerprint density at radius 2 is 1.60 bits per heavy atom. The second-order valence-corrected chi connectivity index (χ2v) is 8.91. The second kappa shape index (κ2) is 12.2. The maximum atomic E-state index is 12.5. The van der Waals surface area contributed by atoms with Gasteiger partial charge in [0.1, 0.15) is 5.75 Å². The number of amides is 2. The molecule has 2 fully saturated rings. The van der Waals surface area contributed by atoms with Gasteiger partial charge in [-0.05, 0) is 56.2 Å². The normalized spacial score (nSPS) is 17.8. The number of likely N-dealkylation sites (tertiary alicyclic amines) is 1. The van der Waals surface area contributed by atoms with Gasteiger partial charge in [0.05, 0.1) is 31.3 Å². The van der Waals surface area contributed by atoms with Gasteiger partial charge >= 0.3 is 0 Å². The average molecular weight is 435 g/mol. The van der Waals surface area contributed by atoms with Crippen LogP contribution in [0.3, 0.4) is 0 Å². The van der Waals surface area contributed by atoms with Crippen molar-refractivity contribution in [2.24, 2.45) is 5.92 Å². The summed E-state index contributed by atoms with van der Waals surface area (Å²) in [6.45, 7) is 6.92. The van der Waals surface area contributed by atoms with Crippen molar-refractivity contribution in [2.75, 3.05) is 57.5 Å². The summed E-state index contributed by atoms with van der Waals surface area (Å²) in [5.74, 6) is 2.66. The summed E-state index contributed by atoms with van der Waals surface area (Å²) >= 11 is 1.44. The number of hydrogen-bond donors (Lipinski definition) is 0. The van der Waals surface area contributed by atoms with E-state index in [1.54, 1.807) is 0 Å². The monoisotopic (exact) mass is 434 g/mol. The predicted molar refractivity (Wildman–Crippen MR) is 120 cm³/mol. The van der Waals surface area contributed by atoms with Gasteiger partial charge in [0.25, 0.3) is 0 Å². The zero-order valence-electron chi connectivity index (χ0n) is 18.0. The molecule has 0 unspecified atom stereocenters. The van der Waals surface area contributed by atoms with Crippen LogP contribution in [0.15, 0.2) is 24.3 Å². The Labute approximate surface area is 184 Å². The van der Waals surface area contributed by atoms with Crippen LogP contribution in [0.2, 0.25) is 0 Å². The largest absolute Gasteiger partial charge is 0.494 e. The van der Waals surface area contributed by atoms with Crippen molar-refractivity contribution < 1.29 is 19.1 Å². The van der Waals surface area contributed by atoms with Crippen molar-refractivity contribution >= 4 is 23.6 Å². The van der Waals surface area contributed by atoms with E-state index in [0.717, 1.165) is 38.1 Å². The van der Waals surface area contributed by atoms with Gasteiger partial charge in [-0.2, -0.15) is 0 Å². The van der Waals surface area contributed by atoms with Crippen LogP contribution in [0.4, 0.5) is 0 Å². The number of carbonyl (C=O) groups is 2. The summed E-state index contributed by atoms with van der Waals surface area (Å²) in [4.78, 5) is 28.4. The molecule has 0 saturated carbocycles. The van der Waals surface area contributed by atoms with Gasteiger partial charge in [-0.25, -0.2) is 0 Å². The van der Waals surface area contributed by atoms with Gasteiger partial charge in [0.2, 0.25) is 11.8 Å². The zero-order chi connectivity index (χ0) is 21.2. The summed E-state index contributed by atoms with van der Waals surface area (Å²) in [7, 11) is 0. The van der Waals surface area contributed by atoms with Crippen LogP contribution in [-0.4, -0.2) is 79.1 Å². The highest BCUT2D eigenvalue weighted by Gasteiger charge is 2.23. The predicted octanol–water partition coefficient (Wildman–Crippen LogP) is 2.85. The fraction of sp³-hybridized carbons (Fsp3) is 0.652. The molecule has 7 heteroatoms. The number of ether oxygens (including phenoxy) is 2. The summed E-state index contributed by atoms with van der Waals surface area (Å²) in [6.07, 6.45) is 4.38. The highest BCUT2D eigenvalue weighted by Crippen LogP contribution is 2.24. The van der Waals surface area contributed by atoms with Crippen LogP contribution in [0, 0.1) is 5.92 Å². The van der Waals surface area contributed by atoms with Gasteiger partial charge in [-0.15, -0.1) is 11.8 Å². The number of piperidine rings is 1. The minimum atomic E-state index is 0.115. The first-order chi connectivity index (χ1) is 14.7. The number of rotatable bonds is 9. The molecule has 0 aliphatic carbocycles. The molecule has 1 aromatic carbocycles. The first-order valence-electron chi connectivity index (χ1n) is 11.1. The topological polar surface area (TPSA) is 59.1 Å². The fourth-order valence-electron chi connectivity index (χ4n) is 3.98. The van der Waals surface area contributed by atoms with E-state index in [1.807, 2.05) is 28.9 Å². The molecule has 0 bridgehead atoms. The third-order valence-corrected chi connectivity index (χ3v) is 6.76. The molecule has 2 amide bonds. The summed E-state index contributed by atoms with van der Waals surface area (Å²) in [5, 5.41) is 0. The van der Waals surface area contributed by atoms with Crippen LogP contribution in [0.25, 0.3) is 0 Å². The van der Waals surface area contributed by atoms with Crippen molar-refractivity contribution in [3.8, 4) is 5.75 Å². The lowest BCUT2D eigenvalue weighted by molar-refractivity contribution is -0.132. The minimum absolute atomic E-state index is 0.115. The number of carbonyl (C=O) groups excluding carboxylic acids is 2. The van der Waals surface area contributed by atoms with Crippen molar-refractivity contribution in [3.05, 3.63) is 29.8 Å². The van der Waals surface area contributed by atoms with Gasteiger partial charge in [-0.3, -0.25) is 9.59 Å². The van der Waals surface area contributed by atoms with E-state index in [0.29, 0.717) is 50.3 Å². The van der Waals surface area contributed by atoms with Gasteiger partial charge in [-0.1, -0.05) is 12.1 Å². The van der Waals surface area contributed by atoms with Crippen LogP contribution >= 0.6 is 11.8 Å². The summed E-state index contributed by atoms with van der Waals surface area (Å²) < 4.78 is 10.8. The summed E-state index contributed by atoms with van der Waals surface area (Å²) in [5.41, 5.74) is 1.35.